The van der Waals surface area contributed by atoms with Crippen molar-refractivity contribution in [3.8, 4) is 0 Å². The van der Waals surface area contributed by atoms with E-state index in [0.717, 1.165) is 5.56 Å². The molecule has 246 valence electrons. The lowest BCUT2D eigenvalue weighted by atomic mass is 9.74. The molecule has 2 aliphatic rings. The molecule has 2 fully saturated rings. The van der Waals surface area contributed by atoms with Gasteiger partial charge in [0.1, 0.15) is 6.61 Å². The van der Waals surface area contributed by atoms with Gasteiger partial charge < -0.3 is 9.47 Å². The molecule has 5 rings (SSSR count). The molecule has 2 heterocycles. The number of hydrogen-bond acceptors (Lipinski definition) is 5. The first-order valence-corrected chi connectivity index (χ1v) is 14.6. The number of halogens is 6. The highest BCUT2D eigenvalue weighted by atomic mass is 19.4. The molecule has 3 aromatic carbocycles. The molecule has 0 aromatic heterocycles. The van der Waals surface area contributed by atoms with Crippen LogP contribution in [0.2, 0.25) is 0 Å². The SMILES string of the molecule is C[C@@H](OC[C@@]1(c2ccccc2)CC[C@]2(CC(=O)N(C)N2)CN1C(=O)OCc1ccccc1)c1cc(C(F)(F)F)cc(C(F)(F)F)c1. The Morgan fingerprint density at radius 1 is 0.913 bits per heavy atom. The molecule has 1 N–H and O–H groups in total. The van der Waals surface area contributed by atoms with E-state index in [-0.39, 0.29) is 50.1 Å². The Kier molecular flexibility index (Phi) is 9.11. The molecule has 3 atom stereocenters. The van der Waals surface area contributed by atoms with E-state index in [0.29, 0.717) is 24.1 Å². The van der Waals surface area contributed by atoms with Gasteiger partial charge in [0, 0.05) is 20.0 Å². The van der Waals surface area contributed by atoms with Crippen LogP contribution in [0, 0.1) is 0 Å². The summed E-state index contributed by atoms with van der Waals surface area (Å²) in [7, 11) is 1.59. The van der Waals surface area contributed by atoms with Crippen molar-refractivity contribution < 1.29 is 45.4 Å². The second-order valence-corrected chi connectivity index (χ2v) is 11.8. The summed E-state index contributed by atoms with van der Waals surface area (Å²) in [6, 6.07) is 19.2. The maximum Gasteiger partial charge on any atom is 0.416 e. The summed E-state index contributed by atoms with van der Waals surface area (Å²) in [6.45, 7) is 1.05. The minimum absolute atomic E-state index is 0.0190. The van der Waals surface area contributed by atoms with Gasteiger partial charge in [-0.2, -0.15) is 26.3 Å². The highest BCUT2D eigenvalue weighted by Gasteiger charge is 2.55. The molecule has 2 aliphatic heterocycles. The lowest BCUT2D eigenvalue weighted by Gasteiger charge is -2.52. The van der Waals surface area contributed by atoms with Crippen LogP contribution in [0.15, 0.2) is 78.9 Å². The van der Waals surface area contributed by atoms with E-state index in [1.54, 1.807) is 61.6 Å². The van der Waals surface area contributed by atoms with Crippen LogP contribution in [0.3, 0.4) is 0 Å². The highest BCUT2D eigenvalue weighted by molar-refractivity contribution is 5.79. The third-order valence-corrected chi connectivity index (χ3v) is 8.65. The number of rotatable bonds is 7. The van der Waals surface area contributed by atoms with Gasteiger partial charge >= 0.3 is 18.4 Å². The van der Waals surface area contributed by atoms with Gasteiger partial charge in [0.25, 0.3) is 0 Å². The lowest BCUT2D eigenvalue weighted by molar-refractivity contribution is -0.143. The van der Waals surface area contributed by atoms with Crippen LogP contribution in [0.25, 0.3) is 0 Å². The first kappa shape index (κ1) is 33.3. The van der Waals surface area contributed by atoms with Crippen molar-refractivity contribution in [3.63, 3.8) is 0 Å². The van der Waals surface area contributed by atoms with Crippen molar-refractivity contribution in [2.24, 2.45) is 0 Å². The standard InChI is InChI=1S/C33H33F6N3O4/c1-22(24-15-26(32(34,35)36)17-27(16-24)33(37,38)39)46-21-31(25-11-7-4-8-12-25)14-13-30(18-28(43)41(2)40-30)20-42(31)29(44)45-19-23-9-5-3-6-10-23/h3-12,15-17,22,40H,13-14,18-21H2,1-2H3/t22-,30+,31-/m1/s1. The fourth-order valence-corrected chi connectivity index (χ4v) is 6.11. The van der Waals surface area contributed by atoms with Crippen LogP contribution in [-0.4, -0.2) is 47.6 Å². The van der Waals surface area contributed by atoms with Crippen molar-refractivity contribution in [2.45, 2.75) is 62.3 Å². The number of amides is 2. The Bertz CT molecular complexity index is 1520. The molecule has 1 spiro atoms. The van der Waals surface area contributed by atoms with Gasteiger partial charge in [0.2, 0.25) is 5.91 Å². The zero-order valence-corrected chi connectivity index (χ0v) is 25.1. The number of hydrogen-bond donors (Lipinski definition) is 1. The van der Waals surface area contributed by atoms with Gasteiger partial charge in [-0.15, -0.1) is 0 Å². The van der Waals surface area contributed by atoms with Crippen LogP contribution in [0.5, 0.6) is 0 Å². The zero-order valence-electron chi connectivity index (χ0n) is 25.1. The average molecular weight is 650 g/mol. The fourth-order valence-electron chi connectivity index (χ4n) is 6.11. The van der Waals surface area contributed by atoms with Crippen molar-refractivity contribution in [1.29, 1.82) is 0 Å². The lowest BCUT2D eigenvalue weighted by Crippen LogP contribution is -2.65. The Labute approximate surface area is 262 Å². The molecular formula is C33H33F6N3O4. The van der Waals surface area contributed by atoms with Crippen LogP contribution in [-0.2, 0) is 38.8 Å². The number of alkyl halides is 6. The molecule has 0 aliphatic carbocycles. The monoisotopic (exact) mass is 649 g/mol. The third kappa shape index (κ3) is 7.00. The molecule has 0 bridgehead atoms. The van der Waals surface area contributed by atoms with Crippen LogP contribution in [0.1, 0.15) is 60.1 Å². The average Bonchev–Trinajstić information content (AvgIpc) is 3.30. The van der Waals surface area contributed by atoms with Crippen LogP contribution < -0.4 is 5.43 Å². The molecule has 0 radical (unpaired) electrons. The number of ether oxygens (including phenoxy) is 2. The summed E-state index contributed by atoms with van der Waals surface area (Å²) in [6.07, 6.45) is -11.2. The van der Waals surface area contributed by atoms with E-state index in [2.05, 4.69) is 5.43 Å². The van der Waals surface area contributed by atoms with Gasteiger partial charge in [-0.25, -0.2) is 10.2 Å². The largest absolute Gasteiger partial charge is 0.445 e. The van der Waals surface area contributed by atoms with E-state index < -0.39 is 46.8 Å². The quantitative estimate of drug-likeness (QED) is 0.274. The Balaban J connectivity index is 1.51. The summed E-state index contributed by atoms with van der Waals surface area (Å²) >= 11 is 0. The van der Waals surface area contributed by atoms with Crippen molar-refractivity contribution in [2.75, 3.05) is 20.2 Å². The van der Waals surface area contributed by atoms with E-state index in [9.17, 15) is 35.9 Å². The van der Waals surface area contributed by atoms with Crippen molar-refractivity contribution in [1.82, 2.24) is 15.3 Å². The first-order valence-electron chi connectivity index (χ1n) is 14.6. The fraction of sp³-hybridized carbons (Fsp3) is 0.394. The molecule has 46 heavy (non-hydrogen) atoms. The molecule has 3 aromatic rings. The molecule has 13 heteroatoms. The topological polar surface area (TPSA) is 71.1 Å². The summed E-state index contributed by atoms with van der Waals surface area (Å²) in [5, 5.41) is 1.37. The number of likely N-dealkylation sites (tertiary alicyclic amines) is 1. The Morgan fingerprint density at radius 2 is 1.50 bits per heavy atom. The number of carbonyl (C=O) groups is 2. The van der Waals surface area contributed by atoms with Crippen molar-refractivity contribution >= 4 is 12.0 Å². The normalized spacial score (nSPS) is 22.7. The van der Waals surface area contributed by atoms with Gasteiger partial charge in [-0.3, -0.25) is 14.7 Å². The zero-order chi connectivity index (χ0) is 33.3. The number of piperidine rings is 1. The number of carbonyl (C=O) groups excluding carboxylic acids is 2. The second kappa shape index (κ2) is 12.6. The summed E-state index contributed by atoms with van der Waals surface area (Å²) in [4.78, 5) is 28.0. The highest BCUT2D eigenvalue weighted by Crippen LogP contribution is 2.45. The molecule has 7 nitrogen and oxygen atoms in total. The third-order valence-electron chi connectivity index (χ3n) is 8.65. The minimum Gasteiger partial charge on any atom is -0.445 e. The first-order chi connectivity index (χ1) is 21.6. The predicted octanol–water partition coefficient (Wildman–Crippen LogP) is 7.24. The van der Waals surface area contributed by atoms with Gasteiger partial charge in [0.05, 0.1) is 34.9 Å². The maximum atomic E-state index is 14.0. The molecule has 2 amide bonds. The predicted molar refractivity (Wildman–Crippen MR) is 155 cm³/mol. The van der Waals surface area contributed by atoms with Crippen LogP contribution >= 0.6 is 0 Å². The molecule has 0 unspecified atom stereocenters. The summed E-state index contributed by atoms with van der Waals surface area (Å²) < 4.78 is 93.4. The molecule has 2 saturated heterocycles. The van der Waals surface area contributed by atoms with E-state index >= 15 is 0 Å². The Hall–Kier alpha value is -4.10. The number of hydrazine groups is 1. The van der Waals surface area contributed by atoms with E-state index in [1.165, 1.54) is 16.8 Å². The number of benzene rings is 3. The van der Waals surface area contributed by atoms with Gasteiger partial charge in [0.15, 0.2) is 0 Å². The van der Waals surface area contributed by atoms with E-state index in [4.69, 9.17) is 9.47 Å². The van der Waals surface area contributed by atoms with Gasteiger partial charge in [-0.1, -0.05) is 60.7 Å². The van der Waals surface area contributed by atoms with Crippen LogP contribution in [0.4, 0.5) is 31.1 Å². The maximum absolute atomic E-state index is 14.0. The second-order valence-electron chi connectivity index (χ2n) is 11.8. The number of nitrogens with one attached hydrogen (secondary N) is 1. The number of nitrogens with zero attached hydrogens (tertiary/aromatic N) is 2. The molecule has 0 saturated carbocycles. The summed E-state index contributed by atoms with van der Waals surface area (Å²) in [5.74, 6) is -0.167. The minimum atomic E-state index is -5.02. The van der Waals surface area contributed by atoms with Crippen molar-refractivity contribution in [3.05, 3.63) is 107 Å². The Morgan fingerprint density at radius 3 is 2.04 bits per heavy atom. The summed E-state index contributed by atoms with van der Waals surface area (Å²) in [5.41, 5.74) is -0.727. The smallest absolute Gasteiger partial charge is 0.416 e. The van der Waals surface area contributed by atoms with Gasteiger partial charge in [-0.05, 0) is 54.7 Å². The van der Waals surface area contributed by atoms with E-state index in [1.807, 2.05) is 6.07 Å². The molecular weight excluding hydrogens is 616 g/mol.